The molecule has 2 aromatic rings. The minimum absolute atomic E-state index is 0.101. The standard InChI is InChI=1S/C24H22BrF3N4O3/c1-23(2,3)35-22(34)32-21(15-5-4-13(12-29)10-16(15)25)20-17(6-7-18(20)33)31-14-8-9-30-19(11-14)24(26,27)28/h4-5,8-11,21H,6-7H2,1-3H3,(H,30,31)(H,32,34). The van der Waals surface area contributed by atoms with Gasteiger partial charge in [0, 0.05) is 34.0 Å². The third-order valence-corrected chi connectivity index (χ3v) is 5.65. The number of ether oxygens (including phenoxy) is 1. The smallest absolute Gasteiger partial charge is 0.433 e. The molecule has 3 rings (SSSR count). The molecule has 0 aliphatic heterocycles. The number of rotatable bonds is 5. The highest BCUT2D eigenvalue weighted by atomic mass is 79.9. The van der Waals surface area contributed by atoms with Crippen molar-refractivity contribution in [2.45, 2.75) is 51.4 Å². The molecular formula is C24H22BrF3N4O3. The predicted molar refractivity (Wildman–Crippen MR) is 125 cm³/mol. The Morgan fingerprint density at radius 3 is 2.51 bits per heavy atom. The fourth-order valence-electron chi connectivity index (χ4n) is 3.54. The lowest BCUT2D eigenvalue weighted by Gasteiger charge is -2.26. The van der Waals surface area contributed by atoms with Crippen molar-refractivity contribution in [3.63, 3.8) is 0 Å². The zero-order valence-corrected chi connectivity index (χ0v) is 20.7. The van der Waals surface area contributed by atoms with Gasteiger partial charge in [0.2, 0.25) is 0 Å². The van der Waals surface area contributed by atoms with E-state index < -0.39 is 29.6 Å². The third kappa shape index (κ3) is 6.60. The Morgan fingerprint density at radius 1 is 1.20 bits per heavy atom. The van der Waals surface area contributed by atoms with Gasteiger partial charge >= 0.3 is 12.3 Å². The number of nitrogens with one attached hydrogen (secondary N) is 2. The number of alkyl halides is 3. The number of amides is 1. The van der Waals surface area contributed by atoms with Crippen molar-refractivity contribution in [1.29, 1.82) is 5.26 Å². The minimum atomic E-state index is -4.63. The van der Waals surface area contributed by atoms with E-state index in [1.807, 2.05) is 6.07 Å². The van der Waals surface area contributed by atoms with Gasteiger partial charge in [-0.15, -0.1) is 0 Å². The number of alkyl carbamates (subject to hydrolysis) is 1. The Morgan fingerprint density at radius 2 is 1.91 bits per heavy atom. The van der Waals surface area contributed by atoms with Gasteiger partial charge in [-0.1, -0.05) is 22.0 Å². The average Bonchev–Trinajstić information content (AvgIpc) is 3.10. The molecular weight excluding hydrogens is 529 g/mol. The van der Waals surface area contributed by atoms with Gasteiger partial charge in [-0.2, -0.15) is 18.4 Å². The number of ketones is 1. The van der Waals surface area contributed by atoms with E-state index >= 15 is 0 Å². The lowest BCUT2D eigenvalue weighted by atomic mass is 9.95. The molecule has 2 N–H and O–H groups in total. The summed E-state index contributed by atoms with van der Waals surface area (Å²) >= 11 is 3.39. The van der Waals surface area contributed by atoms with Crippen molar-refractivity contribution in [3.8, 4) is 6.07 Å². The first-order chi connectivity index (χ1) is 16.3. The molecule has 35 heavy (non-hydrogen) atoms. The average molecular weight is 551 g/mol. The number of carbonyl (C=O) groups excluding carboxylic acids is 2. The van der Waals surface area contributed by atoms with Crippen molar-refractivity contribution in [1.82, 2.24) is 10.3 Å². The monoisotopic (exact) mass is 550 g/mol. The second kappa shape index (κ2) is 10.1. The minimum Gasteiger partial charge on any atom is -0.444 e. The van der Waals surface area contributed by atoms with Gasteiger partial charge in [-0.05, 0) is 57.0 Å². The number of hydrogen-bond acceptors (Lipinski definition) is 6. The number of carbonyl (C=O) groups is 2. The molecule has 11 heteroatoms. The van der Waals surface area contributed by atoms with Crippen molar-refractivity contribution in [2.24, 2.45) is 0 Å². The quantitative estimate of drug-likeness (QED) is 0.471. The molecule has 0 fully saturated rings. The second-order valence-electron chi connectivity index (χ2n) is 8.80. The summed E-state index contributed by atoms with van der Waals surface area (Å²) in [5.41, 5.74) is -0.394. The van der Waals surface area contributed by atoms with Crippen LogP contribution in [0, 0.1) is 11.3 Å². The molecule has 1 heterocycles. The van der Waals surface area contributed by atoms with Crippen LogP contribution in [0.1, 0.15) is 56.5 Å². The normalized spacial score (nSPS) is 15.0. The highest BCUT2D eigenvalue weighted by Crippen LogP contribution is 2.38. The van der Waals surface area contributed by atoms with E-state index in [9.17, 15) is 28.0 Å². The predicted octanol–water partition coefficient (Wildman–Crippen LogP) is 6.03. The molecule has 7 nitrogen and oxygen atoms in total. The molecule has 1 unspecified atom stereocenters. The van der Waals surface area contributed by atoms with Crippen LogP contribution in [0.3, 0.4) is 0 Å². The molecule has 0 saturated carbocycles. The van der Waals surface area contributed by atoms with Crippen LogP contribution in [0.5, 0.6) is 0 Å². The number of Topliss-reactive ketones (excluding diaryl/α,β-unsaturated/α-hetero) is 1. The fraction of sp³-hybridized carbons (Fsp3) is 0.333. The first-order valence-electron chi connectivity index (χ1n) is 10.5. The van der Waals surface area contributed by atoms with Crippen molar-refractivity contribution >= 4 is 33.5 Å². The van der Waals surface area contributed by atoms with E-state index in [1.165, 1.54) is 12.1 Å². The number of hydrogen-bond donors (Lipinski definition) is 2. The highest BCUT2D eigenvalue weighted by molar-refractivity contribution is 9.10. The Kier molecular flexibility index (Phi) is 7.55. The van der Waals surface area contributed by atoms with Crippen LogP contribution >= 0.6 is 15.9 Å². The fourth-order valence-corrected chi connectivity index (χ4v) is 4.15. The zero-order chi connectivity index (χ0) is 26.0. The highest BCUT2D eigenvalue weighted by Gasteiger charge is 2.35. The first kappa shape index (κ1) is 26.2. The zero-order valence-electron chi connectivity index (χ0n) is 19.1. The lowest BCUT2D eigenvalue weighted by Crippen LogP contribution is -2.37. The Bertz CT molecular complexity index is 1230. The van der Waals surface area contributed by atoms with Crippen LogP contribution in [0.2, 0.25) is 0 Å². The van der Waals surface area contributed by atoms with Gasteiger partial charge in [0.1, 0.15) is 11.3 Å². The van der Waals surface area contributed by atoms with E-state index in [2.05, 4.69) is 31.5 Å². The molecule has 0 spiro atoms. The van der Waals surface area contributed by atoms with Crippen molar-refractivity contribution in [3.05, 3.63) is 69.1 Å². The number of pyridine rings is 1. The topological polar surface area (TPSA) is 104 Å². The van der Waals surface area contributed by atoms with Crippen LogP contribution in [0.4, 0.5) is 23.7 Å². The molecule has 1 atom stereocenters. The summed E-state index contributed by atoms with van der Waals surface area (Å²) in [4.78, 5) is 29.0. The van der Waals surface area contributed by atoms with Gasteiger partial charge in [-0.25, -0.2) is 4.79 Å². The van der Waals surface area contributed by atoms with Gasteiger partial charge < -0.3 is 15.4 Å². The molecule has 184 valence electrons. The van der Waals surface area contributed by atoms with E-state index in [0.717, 1.165) is 12.3 Å². The van der Waals surface area contributed by atoms with E-state index in [4.69, 9.17) is 4.74 Å². The SMILES string of the molecule is CC(C)(C)OC(=O)NC(C1=C(Nc2ccnc(C(F)(F)F)c2)CCC1=O)c1ccc(C#N)cc1Br. The summed E-state index contributed by atoms with van der Waals surface area (Å²) < 4.78 is 45.2. The van der Waals surface area contributed by atoms with Crippen LogP contribution in [-0.4, -0.2) is 22.5 Å². The molecule has 1 aromatic heterocycles. The van der Waals surface area contributed by atoms with Crippen LogP contribution in [-0.2, 0) is 15.7 Å². The number of aromatic nitrogens is 1. The summed E-state index contributed by atoms with van der Waals surface area (Å²) in [7, 11) is 0. The lowest BCUT2D eigenvalue weighted by molar-refractivity contribution is -0.141. The largest absolute Gasteiger partial charge is 0.444 e. The number of halogens is 4. The maximum Gasteiger partial charge on any atom is 0.433 e. The summed E-state index contributed by atoms with van der Waals surface area (Å²) in [6, 6.07) is 7.90. The van der Waals surface area contributed by atoms with Crippen LogP contribution in [0.25, 0.3) is 0 Å². The van der Waals surface area contributed by atoms with Crippen molar-refractivity contribution in [2.75, 3.05) is 5.32 Å². The summed E-state index contributed by atoms with van der Waals surface area (Å²) in [5.74, 6) is -0.282. The number of nitriles is 1. The molecule has 1 aliphatic rings. The molecule has 0 radical (unpaired) electrons. The number of anilines is 1. The van der Waals surface area contributed by atoms with Gasteiger partial charge in [0.25, 0.3) is 0 Å². The van der Waals surface area contributed by atoms with Gasteiger partial charge in [-0.3, -0.25) is 9.78 Å². The van der Waals surface area contributed by atoms with Crippen LogP contribution in [0.15, 0.2) is 52.3 Å². The van der Waals surface area contributed by atoms with Crippen molar-refractivity contribution < 1.29 is 27.5 Å². The maximum atomic E-state index is 13.1. The summed E-state index contributed by atoms with van der Waals surface area (Å²) in [6.45, 7) is 5.07. The molecule has 1 aliphatic carbocycles. The Balaban J connectivity index is 2.07. The van der Waals surface area contributed by atoms with Gasteiger partial charge in [0.05, 0.1) is 17.7 Å². The Hall–Kier alpha value is -3.39. The second-order valence-corrected chi connectivity index (χ2v) is 9.65. The molecule has 1 aromatic carbocycles. The maximum absolute atomic E-state index is 13.1. The first-order valence-corrected chi connectivity index (χ1v) is 11.3. The van der Waals surface area contributed by atoms with E-state index in [1.54, 1.807) is 32.9 Å². The Labute approximate surface area is 208 Å². The van der Waals surface area contributed by atoms with E-state index in [-0.39, 0.29) is 29.9 Å². The van der Waals surface area contributed by atoms with Gasteiger partial charge in [0.15, 0.2) is 5.78 Å². The summed E-state index contributed by atoms with van der Waals surface area (Å²) in [6.07, 6.45) is -4.05. The number of allylic oxidation sites excluding steroid dienone is 1. The number of nitrogens with zero attached hydrogens (tertiary/aromatic N) is 2. The third-order valence-electron chi connectivity index (χ3n) is 4.96. The van der Waals surface area contributed by atoms with E-state index in [0.29, 0.717) is 21.3 Å². The molecule has 0 saturated heterocycles. The number of benzene rings is 1. The molecule has 1 amide bonds. The summed E-state index contributed by atoms with van der Waals surface area (Å²) in [5, 5.41) is 14.8. The molecule has 0 bridgehead atoms. The van der Waals surface area contributed by atoms with Crippen LogP contribution < -0.4 is 10.6 Å².